The number of hydrogen-bond donors (Lipinski definition) is 1. The topological polar surface area (TPSA) is 80.4 Å². The van der Waals surface area contributed by atoms with Gasteiger partial charge in [0.15, 0.2) is 0 Å². The Morgan fingerprint density at radius 1 is 1.75 bits per heavy atom. The highest BCUT2D eigenvalue weighted by Gasteiger charge is 2.23. The molecule has 0 aromatic rings. The lowest BCUT2D eigenvalue weighted by molar-refractivity contribution is -0.508. The highest BCUT2D eigenvalue weighted by molar-refractivity contribution is 5.87. The van der Waals surface area contributed by atoms with Gasteiger partial charge in [0.25, 0.3) is 0 Å². The van der Waals surface area contributed by atoms with Gasteiger partial charge >= 0.3 is 5.97 Å². The predicted octanol–water partition coefficient (Wildman–Crippen LogP) is 0.603. The average molecular weight is 169 g/mol. The number of carboxylic acid groups (broad SMARTS) is 1. The minimum absolute atomic E-state index is 0.0289. The molecule has 0 radical (unpaired) electrons. The lowest BCUT2D eigenvalue weighted by Crippen LogP contribution is -2.21. The fraction of sp³-hybridized carbons (Fsp3) is 0.286. The number of hydrogen-bond acceptors (Lipinski definition) is 3. The average Bonchev–Trinajstić information content (AvgIpc) is 2.04. The summed E-state index contributed by atoms with van der Waals surface area (Å²) in [6, 6.07) is -0.888. The third-order valence-corrected chi connectivity index (χ3v) is 1.61. The van der Waals surface area contributed by atoms with Crippen molar-refractivity contribution in [1.29, 1.82) is 0 Å². The van der Waals surface area contributed by atoms with Crippen LogP contribution >= 0.6 is 0 Å². The minimum atomic E-state index is -1.09. The molecule has 1 rings (SSSR count). The van der Waals surface area contributed by atoms with Gasteiger partial charge in [-0.15, -0.1) is 0 Å². The van der Waals surface area contributed by atoms with Crippen molar-refractivity contribution < 1.29 is 14.8 Å². The highest BCUT2D eigenvalue weighted by atomic mass is 16.6. The van der Waals surface area contributed by atoms with Crippen LogP contribution in [0.15, 0.2) is 23.8 Å². The van der Waals surface area contributed by atoms with E-state index in [2.05, 4.69) is 0 Å². The van der Waals surface area contributed by atoms with Crippen molar-refractivity contribution in [3.63, 3.8) is 0 Å². The summed E-state index contributed by atoms with van der Waals surface area (Å²) in [6.45, 7) is 0. The zero-order valence-electron chi connectivity index (χ0n) is 6.14. The number of carboxylic acids is 1. The fourth-order valence-corrected chi connectivity index (χ4v) is 0.965. The van der Waals surface area contributed by atoms with E-state index in [0.717, 1.165) is 0 Å². The smallest absolute Gasteiger partial charge is 0.331 e. The van der Waals surface area contributed by atoms with E-state index < -0.39 is 16.9 Å². The van der Waals surface area contributed by atoms with Crippen molar-refractivity contribution in [1.82, 2.24) is 0 Å². The summed E-state index contributed by atoms with van der Waals surface area (Å²) < 4.78 is 0. The summed E-state index contributed by atoms with van der Waals surface area (Å²) in [4.78, 5) is 20.2. The van der Waals surface area contributed by atoms with Gasteiger partial charge in [-0.2, -0.15) is 0 Å². The van der Waals surface area contributed by atoms with Gasteiger partial charge in [-0.25, -0.2) is 4.79 Å². The summed E-state index contributed by atoms with van der Waals surface area (Å²) in [5.41, 5.74) is 0.0826. The Bertz CT molecular complexity index is 279. The third-order valence-electron chi connectivity index (χ3n) is 1.61. The number of allylic oxidation sites excluding steroid dienone is 2. The molecule has 1 N–H and O–H groups in total. The second-order valence-electron chi connectivity index (χ2n) is 2.44. The summed E-state index contributed by atoms with van der Waals surface area (Å²) in [5.74, 6) is -1.09. The van der Waals surface area contributed by atoms with Crippen molar-refractivity contribution in [3.05, 3.63) is 33.9 Å². The van der Waals surface area contributed by atoms with Crippen LogP contribution in [0.3, 0.4) is 0 Å². The van der Waals surface area contributed by atoms with E-state index in [0.29, 0.717) is 0 Å². The summed E-state index contributed by atoms with van der Waals surface area (Å²) in [6.07, 6.45) is 4.13. The van der Waals surface area contributed by atoms with Gasteiger partial charge in [0, 0.05) is 10.5 Å². The molecule has 1 atom stereocenters. The molecule has 0 spiro atoms. The van der Waals surface area contributed by atoms with E-state index in [1.54, 1.807) is 0 Å². The second-order valence-corrected chi connectivity index (χ2v) is 2.44. The monoisotopic (exact) mass is 169 g/mol. The Morgan fingerprint density at radius 3 is 2.92 bits per heavy atom. The van der Waals surface area contributed by atoms with Crippen LogP contribution in [0.1, 0.15) is 6.42 Å². The van der Waals surface area contributed by atoms with Crippen molar-refractivity contribution in [2.45, 2.75) is 12.5 Å². The molecule has 0 amide bonds. The van der Waals surface area contributed by atoms with Crippen LogP contribution in [0.25, 0.3) is 0 Å². The van der Waals surface area contributed by atoms with Crippen LogP contribution in [0, 0.1) is 10.1 Å². The lowest BCUT2D eigenvalue weighted by Gasteiger charge is -2.08. The SMILES string of the molecule is O=C(O)C1=CC=CC([N+](=O)[O-])C1. The van der Waals surface area contributed by atoms with E-state index in [-0.39, 0.29) is 12.0 Å². The Labute approximate surface area is 68.2 Å². The largest absolute Gasteiger partial charge is 0.478 e. The first-order chi connectivity index (χ1) is 5.61. The van der Waals surface area contributed by atoms with Gasteiger partial charge in [-0.05, 0) is 6.08 Å². The molecular formula is C7H7NO4. The molecule has 1 aliphatic rings. The van der Waals surface area contributed by atoms with Gasteiger partial charge in [-0.3, -0.25) is 10.1 Å². The maximum absolute atomic E-state index is 10.4. The second kappa shape index (κ2) is 3.17. The van der Waals surface area contributed by atoms with Crippen molar-refractivity contribution in [2.75, 3.05) is 0 Å². The zero-order valence-corrected chi connectivity index (χ0v) is 6.14. The van der Waals surface area contributed by atoms with Crippen LogP contribution < -0.4 is 0 Å². The molecule has 0 heterocycles. The van der Waals surface area contributed by atoms with E-state index in [1.165, 1.54) is 18.2 Å². The molecule has 0 fully saturated rings. The van der Waals surface area contributed by atoms with Crippen LogP contribution in [-0.4, -0.2) is 22.0 Å². The maximum Gasteiger partial charge on any atom is 0.331 e. The summed E-state index contributed by atoms with van der Waals surface area (Å²) >= 11 is 0. The van der Waals surface area contributed by atoms with Crippen LogP contribution in [0.2, 0.25) is 0 Å². The van der Waals surface area contributed by atoms with Gasteiger partial charge < -0.3 is 5.11 Å². The molecule has 0 aliphatic heterocycles. The summed E-state index contributed by atoms with van der Waals surface area (Å²) in [5, 5.41) is 18.8. The van der Waals surface area contributed by atoms with E-state index in [9.17, 15) is 14.9 Å². The lowest BCUT2D eigenvalue weighted by atomic mass is 10.0. The molecule has 0 aromatic carbocycles. The zero-order chi connectivity index (χ0) is 9.14. The summed E-state index contributed by atoms with van der Waals surface area (Å²) in [7, 11) is 0. The molecule has 5 heteroatoms. The fourth-order valence-electron chi connectivity index (χ4n) is 0.965. The Morgan fingerprint density at radius 2 is 2.42 bits per heavy atom. The number of nitro groups is 1. The number of carbonyl (C=O) groups is 1. The van der Waals surface area contributed by atoms with Crippen molar-refractivity contribution >= 4 is 5.97 Å². The molecule has 1 unspecified atom stereocenters. The molecule has 5 nitrogen and oxygen atoms in total. The van der Waals surface area contributed by atoms with E-state index >= 15 is 0 Å². The first kappa shape index (κ1) is 8.45. The quantitative estimate of drug-likeness (QED) is 0.484. The molecule has 1 aliphatic carbocycles. The molecular weight excluding hydrogens is 162 g/mol. The maximum atomic E-state index is 10.4. The van der Waals surface area contributed by atoms with Gasteiger partial charge in [0.2, 0.25) is 6.04 Å². The minimum Gasteiger partial charge on any atom is -0.478 e. The third kappa shape index (κ3) is 1.69. The first-order valence-electron chi connectivity index (χ1n) is 3.35. The Hall–Kier alpha value is -1.65. The standard InChI is InChI=1S/C7H7NO4/c9-7(10)5-2-1-3-6(4-5)8(11)12/h1-3,6H,4H2,(H,9,10). The molecule has 12 heavy (non-hydrogen) atoms. The van der Waals surface area contributed by atoms with Crippen molar-refractivity contribution in [2.24, 2.45) is 0 Å². The Kier molecular flexibility index (Phi) is 2.23. The molecule has 0 aromatic heterocycles. The highest BCUT2D eigenvalue weighted by Crippen LogP contribution is 2.14. The predicted molar refractivity (Wildman–Crippen MR) is 40.3 cm³/mol. The van der Waals surface area contributed by atoms with Crippen molar-refractivity contribution in [3.8, 4) is 0 Å². The Balaban J connectivity index is 2.74. The molecule has 0 bridgehead atoms. The molecule has 0 saturated carbocycles. The van der Waals surface area contributed by atoms with Gasteiger partial charge in [0.05, 0.1) is 6.42 Å². The van der Waals surface area contributed by atoms with Gasteiger partial charge in [0.1, 0.15) is 0 Å². The van der Waals surface area contributed by atoms with E-state index in [1.807, 2.05) is 0 Å². The van der Waals surface area contributed by atoms with Crippen LogP contribution in [0.5, 0.6) is 0 Å². The first-order valence-corrected chi connectivity index (χ1v) is 3.35. The van der Waals surface area contributed by atoms with Gasteiger partial charge in [-0.1, -0.05) is 12.2 Å². The van der Waals surface area contributed by atoms with E-state index in [4.69, 9.17) is 5.11 Å². The number of nitrogens with zero attached hydrogens (tertiary/aromatic N) is 1. The normalized spacial score (nSPS) is 21.7. The molecule has 64 valence electrons. The number of rotatable bonds is 2. The van der Waals surface area contributed by atoms with Crippen LogP contribution in [-0.2, 0) is 4.79 Å². The molecule has 0 saturated heterocycles. The number of aliphatic carboxylic acids is 1. The van der Waals surface area contributed by atoms with Crippen LogP contribution in [0.4, 0.5) is 0 Å².